The normalized spacial score (nSPS) is 11.5. The predicted molar refractivity (Wildman–Crippen MR) is 135 cm³/mol. The molecule has 170 valence electrons. The van der Waals surface area contributed by atoms with Gasteiger partial charge in [0, 0.05) is 11.1 Å². The van der Waals surface area contributed by atoms with Crippen LogP contribution in [0.5, 0.6) is 5.75 Å². The van der Waals surface area contributed by atoms with Crippen molar-refractivity contribution in [3.8, 4) is 34.2 Å². The van der Waals surface area contributed by atoms with Gasteiger partial charge in [0.05, 0.1) is 23.6 Å². The van der Waals surface area contributed by atoms with Crippen molar-refractivity contribution in [2.75, 3.05) is 12.4 Å². The summed E-state index contributed by atoms with van der Waals surface area (Å²) in [6.45, 7) is 3.60. The van der Waals surface area contributed by atoms with Crippen LogP contribution < -0.4 is 10.1 Å². The summed E-state index contributed by atoms with van der Waals surface area (Å²) in [6.07, 6.45) is 0. The Morgan fingerprint density at radius 1 is 1.12 bits per heavy atom. The van der Waals surface area contributed by atoms with Crippen LogP contribution in [0.1, 0.15) is 17.5 Å². The Bertz CT molecular complexity index is 1350. The number of nitrogens with one attached hydrogen (secondary N) is 1. The van der Waals surface area contributed by atoms with E-state index in [4.69, 9.17) is 9.72 Å². The van der Waals surface area contributed by atoms with Crippen LogP contribution in [0.4, 0.5) is 5.13 Å². The minimum absolute atomic E-state index is 0.233. The van der Waals surface area contributed by atoms with Crippen LogP contribution in [-0.4, -0.2) is 33.4 Å². The van der Waals surface area contributed by atoms with Gasteiger partial charge in [-0.25, -0.2) is 4.98 Å². The maximum atomic E-state index is 12.8. The number of pyridine rings is 1. The lowest BCUT2D eigenvalue weighted by Gasteiger charge is -2.15. The molecule has 34 heavy (non-hydrogen) atoms. The second kappa shape index (κ2) is 10.5. The molecule has 1 N–H and O–H groups in total. The van der Waals surface area contributed by atoms with E-state index in [2.05, 4.69) is 21.6 Å². The molecule has 0 bridgehead atoms. The summed E-state index contributed by atoms with van der Waals surface area (Å²) in [6, 6.07) is 21.5. The summed E-state index contributed by atoms with van der Waals surface area (Å²) in [7, 11) is 1.61. The number of hydrogen-bond acceptors (Lipinski definition) is 8. The van der Waals surface area contributed by atoms with E-state index in [1.807, 2.05) is 67.6 Å². The number of benzene rings is 2. The zero-order chi connectivity index (χ0) is 24.1. The maximum Gasteiger partial charge on any atom is 0.239 e. The molecule has 0 aliphatic rings. The van der Waals surface area contributed by atoms with Gasteiger partial charge in [-0.15, -0.1) is 10.2 Å². The molecular weight excluding hydrogens is 466 g/mol. The van der Waals surface area contributed by atoms with Gasteiger partial charge in [0.2, 0.25) is 11.0 Å². The van der Waals surface area contributed by atoms with Crippen molar-refractivity contribution in [2.24, 2.45) is 0 Å². The number of rotatable bonds is 7. The number of carbonyl (C=O) groups excluding carboxylic acids is 1. The number of ether oxygens (including phenoxy) is 1. The highest BCUT2D eigenvalue weighted by Crippen LogP contribution is 2.36. The number of methoxy groups -OCH3 is 1. The minimum atomic E-state index is -0.515. The van der Waals surface area contributed by atoms with Crippen LogP contribution in [-0.2, 0) is 4.79 Å². The quantitative estimate of drug-likeness (QED) is 0.340. The summed E-state index contributed by atoms with van der Waals surface area (Å²) >= 11 is 2.55. The summed E-state index contributed by atoms with van der Waals surface area (Å²) < 4.78 is 5.27. The highest BCUT2D eigenvalue weighted by molar-refractivity contribution is 8.00. The van der Waals surface area contributed by atoms with Gasteiger partial charge in [0.1, 0.15) is 21.9 Å². The molecule has 0 fully saturated rings. The highest BCUT2D eigenvalue weighted by atomic mass is 32.2. The molecule has 0 aliphatic heterocycles. The van der Waals surface area contributed by atoms with Gasteiger partial charge < -0.3 is 4.74 Å². The number of amides is 1. The zero-order valence-corrected chi connectivity index (χ0v) is 20.4. The summed E-state index contributed by atoms with van der Waals surface area (Å²) in [5.74, 6) is 0.495. The van der Waals surface area contributed by atoms with E-state index in [1.165, 1.54) is 23.1 Å². The smallest absolute Gasteiger partial charge is 0.239 e. The Kier molecular flexibility index (Phi) is 7.21. The fourth-order valence-electron chi connectivity index (χ4n) is 3.25. The number of nitrogens with zero attached hydrogens (tertiary/aromatic N) is 4. The molecular formula is C25H21N5O2S2. The standard InChI is InChI=1S/C25H21N5O2S2/c1-15(23(31)28-25-30-29-16(2)34-25)33-24-21(14-26)20(17-9-11-19(32-3)12-10-17)13-22(27-24)18-7-5-4-6-8-18/h4-13,15H,1-3H3,(H,28,30,31). The van der Waals surface area contributed by atoms with Gasteiger partial charge in [-0.1, -0.05) is 65.6 Å². The fraction of sp³-hybridized carbons (Fsp3) is 0.160. The van der Waals surface area contributed by atoms with Crippen molar-refractivity contribution in [3.05, 3.63) is 71.2 Å². The van der Waals surface area contributed by atoms with Crippen LogP contribution in [0, 0.1) is 18.3 Å². The third-order valence-corrected chi connectivity index (χ3v) is 6.82. The second-order valence-electron chi connectivity index (χ2n) is 7.32. The van der Waals surface area contributed by atoms with Crippen molar-refractivity contribution >= 4 is 34.1 Å². The highest BCUT2D eigenvalue weighted by Gasteiger charge is 2.22. The van der Waals surface area contributed by atoms with Gasteiger partial charge in [-0.3, -0.25) is 10.1 Å². The summed E-state index contributed by atoms with van der Waals surface area (Å²) in [4.78, 5) is 17.6. The summed E-state index contributed by atoms with van der Waals surface area (Å²) in [5, 5.41) is 21.9. The van der Waals surface area contributed by atoms with Crippen molar-refractivity contribution in [1.29, 1.82) is 5.26 Å². The molecule has 1 atom stereocenters. The molecule has 1 unspecified atom stereocenters. The number of anilines is 1. The van der Waals surface area contributed by atoms with Gasteiger partial charge in [-0.2, -0.15) is 5.26 Å². The number of aromatic nitrogens is 3. The number of thioether (sulfide) groups is 1. The topological polar surface area (TPSA) is 101 Å². The van der Waals surface area contributed by atoms with Gasteiger partial charge >= 0.3 is 0 Å². The van der Waals surface area contributed by atoms with E-state index >= 15 is 0 Å². The van der Waals surface area contributed by atoms with Crippen LogP contribution >= 0.6 is 23.1 Å². The van der Waals surface area contributed by atoms with E-state index in [0.717, 1.165) is 33.1 Å². The van der Waals surface area contributed by atoms with Crippen LogP contribution in [0.3, 0.4) is 0 Å². The first-order valence-electron chi connectivity index (χ1n) is 10.4. The van der Waals surface area contributed by atoms with Crippen molar-refractivity contribution < 1.29 is 9.53 Å². The molecule has 2 aromatic heterocycles. The van der Waals surface area contributed by atoms with Crippen molar-refractivity contribution in [3.63, 3.8) is 0 Å². The van der Waals surface area contributed by atoms with E-state index in [1.54, 1.807) is 14.0 Å². The molecule has 4 rings (SSSR count). The molecule has 9 heteroatoms. The molecule has 0 saturated heterocycles. The lowest BCUT2D eigenvalue weighted by molar-refractivity contribution is -0.115. The van der Waals surface area contributed by atoms with Gasteiger partial charge in [0.25, 0.3) is 0 Å². The molecule has 1 amide bonds. The van der Waals surface area contributed by atoms with E-state index < -0.39 is 5.25 Å². The monoisotopic (exact) mass is 487 g/mol. The third-order valence-electron chi connectivity index (χ3n) is 4.98. The third kappa shape index (κ3) is 5.25. The van der Waals surface area contributed by atoms with E-state index in [9.17, 15) is 10.1 Å². The average Bonchev–Trinajstić information content (AvgIpc) is 3.28. The first-order chi connectivity index (χ1) is 16.5. The predicted octanol–water partition coefficient (Wildman–Crippen LogP) is 5.58. The first kappa shape index (κ1) is 23.4. The van der Waals surface area contributed by atoms with Gasteiger partial charge in [0.15, 0.2) is 0 Å². The molecule has 7 nitrogen and oxygen atoms in total. The van der Waals surface area contributed by atoms with E-state index in [0.29, 0.717) is 15.7 Å². The lowest BCUT2D eigenvalue weighted by atomic mass is 9.99. The minimum Gasteiger partial charge on any atom is -0.497 e. The molecule has 4 aromatic rings. The lowest BCUT2D eigenvalue weighted by Crippen LogP contribution is -2.22. The molecule has 0 spiro atoms. The van der Waals surface area contributed by atoms with Crippen LogP contribution in [0.25, 0.3) is 22.4 Å². The van der Waals surface area contributed by atoms with E-state index in [-0.39, 0.29) is 5.91 Å². The number of aryl methyl sites for hydroxylation is 1. The summed E-state index contributed by atoms with van der Waals surface area (Å²) in [5.41, 5.74) is 3.67. The SMILES string of the molecule is COc1ccc(-c2cc(-c3ccccc3)nc(SC(C)C(=O)Nc3nnc(C)s3)c2C#N)cc1. The number of carbonyl (C=O) groups is 1. The fourth-order valence-corrected chi connectivity index (χ4v) is 4.77. The van der Waals surface area contributed by atoms with Crippen molar-refractivity contribution in [2.45, 2.75) is 24.1 Å². The van der Waals surface area contributed by atoms with Crippen molar-refractivity contribution in [1.82, 2.24) is 15.2 Å². The van der Waals surface area contributed by atoms with Crippen LogP contribution in [0.15, 0.2) is 65.7 Å². The molecule has 0 aliphatic carbocycles. The maximum absolute atomic E-state index is 12.8. The second-order valence-corrected chi connectivity index (χ2v) is 9.83. The molecule has 0 radical (unpaired) electrons. The Balaban J connectivity index is 1.74. The molecule has 2 heterocycles. The Morgan fingerprint density at radius 2 is 1.85 bits per heavy atom. The largest absolute Gasteiger partial charge is 0.497 e. The van der Waals surface area contributed by atoms with Crippen LogP contribution in [0.2, 0.25) is 0 Å². The number of hydrogen-bond donors (Lipinski definition) is 1. The Morgan fingerprint density at radius 3 is 2.47 bits per heavy atom. The zero-order valence-electron chi connectivity index (χ0n) is 18.8. The Labute approximate surface area is 205 Å². The van der Waals surface area contributed by atoms with Gasteiger partial charge in [-0.05, 0) is 37.6 Å². The first-order valence-corrected chi connectivity index (χ1v) is 12.1. The molecule has 2 aromatic carbocycles. The average molecular weight is 488 g/mol. The Hall–Kier alpha value is -3.74. The number of nitriles is 1. The molecule has 0 saturated carbocycles.